The highest BCUT2D eigenvalue weighted by atomic mass is 35.5. The predicted octanol–water partition coefficient (Wildman–Crippen LogP) is 1.77. The average Bonchev–Trinajstić information content (AvgIpc) is 3.07. The van der Waals surface area contributed by atoms with Gasteiger partial charge in [0.2, 0.25) is 11.3 Å². The summed E-state index contributed by atoms with van der Waals surface area (Å²) in [6.45, 7) is 10.2. The molecule has 1 N–H and O–H groups in total. The van der Waals surface area contributed by atoms with Gasteiger partial charge in [-0.1, -0.05) is 43.2 Å². The molecule has 9 nitrogen and oxygen atoms in total. The van der Waals surface area contributed by atoms with Gasteiger partial charge in [0.05, 0.1) is 0 Å². The van der Waals surface area contributed by atoms with Gasteiger partial charge in [0.25, 0.3) is 5.91 Å². The third kappa shape index (κ3) is 7.38. The number of hydrogen-bond acceptors (Lipinski definition) is 4. The zero-order valence-electron chi connectivity index (χ0n) is 29.1. The number of aryl methyl sites for hydroxylation is 1. The van der Waals surface area contributed by atoms with E-state index in [-0.39, 0.29) is 29.6 Å². The maximum Gasteiger partial charge on any atom is 0.254 e. The molecule has 0 aromatic heterocycles. The van der Waals surface area contributed by atoms with Crippen LogP contribution in [0.3, 0.4) is 0 Å². The van der Waals surface area contributed by atoms with Crippen LogP contribution in [0.5, 0.6) is 0 Å². The summed E-state index contributed by atoms with van der Waals surface area (Å²) in [7, 11) is 5.96. The van der Waals surface area contributed by atoms with Gasteiger partial charge in [0, 0.05) is 86.8 Å². The normalized spacial score (nSPS) is 14.0. The van der Waals surface area contributed by atoms with Crippen LogP contribution >= 0.6 is 0 Å². The number of carbonyl (C=O) groups excluding carboxylic acids is 2. The SMILES string of the molecule is CC[N+]1=c2cc3c(cc2CCC1)=C(c1ccccc1C(=O)N(C)CCCC(=O)NCCCN=[N+]=[N-])c1ccc(N(C)C)cc1C3(C)C.[Cl-]. The minimum atomic E-state index is -0.245. The van der Waals surface area contributed by atoms with Gasteiger partial charge < -0.3 is 27.5 Å². The number of anilines is 1. The third-order valence-electron chi connectivity index (χ3n) is 9.71. The second kappa shape index (κ2) is 15.7. The molecule has 48 heavy (non-hydrogen) atoms. The Morgan fingerprint density at radius 2 is 1.79 bits per heavy atom. The number of nitrogens with one attached hydrogen (secondary N) is 1. The fourth-order valence-corrected chi connectivity index (χ4v) is 7.07. The summed E-state index contributed by atoms with van der Waals surface area (Å²) in [6, 6.07) is 19.5. The van der Waals surface area contributed by atoms with Gasteiger partial charge in [0.15, 0.2) is 0 Å². The maximum absolute atomic E-state index is 14.1. The summed E-state index contributed by atoms with van der Waals surface area (Å²) in [4.78, 5) is 33.1. The minimum Gasteiger partial charge on any atom is -1.00 e. The zero-order chi connectivity index (χ0) is 33.7. The number of nitrogens with zero attached hydrogens (tertiary/aromatic N) is 6. The lowest BCUT2D eigenvalue weighted by molar-refractivity contribution is -0.121. The van der Waals surface area contributed by atoms with Gasteiger partial charge in [0.1, 0.15) is 13.1 Å². The quantitative estimate of drug-likeness (QED) is 0.105. The molecule has 1 aliphatic carbocycles. The van der Waals surface area contributed by atoms with Gasteiger partial charge in [-0.05, 0) is 89.0 Å². The van der Waals surface area contributed by atoms with Crippen molar-refractivity contribution in [3.63, 3.8) is 0 Å². The van der Waals surface area contributed by atoms with Crippen LogP contribution in [0.4, 0.5) is 5.69 Å². The molecule has 0 unspecified atom stereocenters. The molecule has 2 amide bonds. The van der Waals surface area contributed by atoms with E-state index in [1.807, 2.05) is 25.2 Å². The molecule has 0 radical (unpaired) electrons. The zero-order valence-corrected chi connectivity index (χ0v) is 29.9. The van der Waals surface area contributed by atoms with E-state index in [9.17, 15) is 9.59 Å². The van der Waals surface area contributed by atoms with E-state index in [4.69, 9.17) is 5.53 Å². The Hall–Kier alpha value is -4.33. The highest BCUT2D eigenvalue weighted by Crippen LogP contribution is 2.42. The van der Waals surface area contributed by atoms with E-state index >= 15 is 0 Å². The van der Waals surface area contributed by atoms with Crippen molar-refractivity contribution in [1.29, 1.82) is 0 Å². The first-order valence-electron chi connectivity index (χ1n) is 16.8. The summed E-state index contributed by atoms with van der Waals surface area (Å²) >= 11 is 0. The van der Waals surface area contributed by atoms with Crippen molar-refractivity contribution in [3.05, 3.63) is 109 Å². The van der Waals surface area contributed by atoms with Gasteiger partial charge >= 0.3 is 0 Å². The number of azide groups is 1. The molecule has 254 valence electrons. The topological polar surface area (TPSA) is 104 Å². The molecular formula is C38H48ClN7O2. The summed E-state index contributed by atoms with van der Waals surface area (Å²) < 4.78 is 2.50. The van der Waals surface area contributed by atoms with Crippen LogP contribution in [0, 0.1) is 0 Å². The molecule has 1 heterocycles. The van der Waals surface area contributed by atoms with Crippen LogP contribution in [-0.4, -0.2) is 70.6 Å². The molecule has 0 bridgehead atoms. The van der Waals surface area contributed by atoms with Crippen LogP contribution < -0.4 is 37.8 Å². The molecule has 3 aromatic rings. The van der Waals surface area contributed by atoms with Crippen molar-refractivity contribution in [1.82, 2.24) is 14.8 Å². The van der Waals surface area contributed by atoms with Crippen molar-refractivity contribution < 1.29 is 22.0 Å². The molecule has 5 rings (SSSR count). The first-order valence-corrected chi connectivity index (χ1v) is 16.8. The van der Waals surface area contributed by atoms with E-state index in [1.165, 1.54) is 27.3 Å². The number of fused-ring (bicyclic) bond motifs is 3. The summed E-state index contributed by atoms with van der Waals surface area (Å²) in [5, 5.41) is 8.89. The number of carbonyl (C=O) groups is 2. The second-order valence-corrected chi connectivity index (χ2v) is 13.4. The van der Waals surface area contributed by atoms with Crippen LogP contribution in [0.15, 0.2) is 59.7 Å². The Morgan fingerprint density at radius 1 is 1.02 bits per heavy atom. The number of halogens is 1. The molecule has 0 saturated heterocycles. The van der Waals surface area contributed by atoms with Gasteiger partial charge in [-0.3, -0.25) is 9.59 Å². The molecule has 0 fully saturated rings. The summed E-state index contributed by atoms with van der Waals surface area (Å²) in [5.41, 5.74) is 17.1. The highest BCUT2D eigenvalue weighted by molar-refractivity contribution is 6.02. The predicted molar refractivity (Wildman–Crippen MR) is 189 cm³/mol. The molecule has 0 spiro atoms. The van der Waals surface area contributed by atoms with Crippen molar-refractivity contribution in [2.75, 3.05) is 58.8 Å². The van der Waals surface area contributed by atoms with Gasteiger partial charge in [-0.15, -0.1) is 0 Å². The summed E-state index contributed by atoms with van der Waals surface area (Å²) in [6.07, 6.45) is 3.65. The smallest absolute Gasteiger partial charge is 0.254 e. The van der Waals surface area contributed by atoms with Crippen molar-refractivity contribution in [3.8, 4) is 0 Å². The van der Waals surface area contributed by atoms with Crippen molar-refractivity contribution in [2.45, 2.75) is 58.3 Å². The molecule has 3 aromatic carbocycles. The molecule has 0 atom stereocenters. The highest BCUT2D eigenvalue weighted by Gasteiger charge is 2.36. The minimum absolute atomic E-state index is 0. The third-order valence-corrected chi connectivity index (χ3v) is 9.71. The number of hydrogen-bond donors (Lipinski definition) is 1. The second-order valence-electron chi connectivity index (χ2n) is 13.4. The first-order chi connectivity index (χ1) is 22.6. The monoisotopic (exact) mass is 669 g/mol. The number of rotatable bonds is 12. The first kappa shape index (κ1) is 36.5. The van der Waals surface area contributed by atoms with E-state index in [0.717, 1.165) is 48.3 Å². The van der Waals surface area contributed by atoms with Gasteiger partial charge in [-0.2, -0.15) is 0 Å². The van der Waals surface area contributed by atoms with Crippen molar-refractivity contribution >= 4 is 23.1 Å². The summed E-state index contributed by atoms with van der Waals surface area (Å²) in [5.74, 6) is -0.126. The Kier molecular flexibility index (Phi) is 11.9. The van der Waals surface area contributed by atoms with E-state index < -0.39 is 0 Å². The molecule has 0 saturated carbocycles. The lowest BCUT2D eigenvalue weighted by atomic mass is 9.68. The maximum atomic E-state index is 14.1. The Morgan fingerprint density at radius 3 is 2.52 bits per heavy atom. The molecule has 10 heteroatoms. The van der Waals surface area contributed by atoms with Crippen LogP contribution in [0.2, 0.25) is 0 Å². The van der Waals surface area contributed by atoms with Crippen LogP contribution in [0.1, 0.15) is 84.6 Å². The Balaban J connectivity index is 0.00000520. The lowest BCUT2D eigenvalue weighted by Crippen LogP contribution is -3.00. The molecule has 1 aliphatic heterocycles. The Labute approximate surface area is 290 Å². The fourth-order valence-electron chi connectivity index (χ4n) is 7.07. The van der Waals surface area contributed by atoms with Crippen LogP contribution in [-0.2, 0) is 16.6 Å². The standard InChI is InChI=1S/C38H47N7O2.ClH/c1-7-45-22-10-13-26-23-31-33(25-34(26)45)38(2,3)32-24-27(43(4)5)17-18-30(32)36(31)28-14-8-9-15-29(28)37(47)44(6)21-11-16-35(46)40-19-12-20-41-42-39;/h8-9,14-15,17-18,23-25H,7,10-13,16,19-22H2,1-6H3;1H. The fraction of sp³-hybridized carbons (Fsp3) is 0.447. The van der Waals surface area contributed by atoms with Crippen LogP contribution in [0.25, 0.3) is 16.0 Å². The molecular weight excluding hydrogens is 622 g/mol. The lowest BCUT2D eigenvalue weighted by Gasteiger charge is -2.36. The average molecular weight is 670 g/mol. The van der Waals surface area contributed by atoms with Crippen molar-refractivity contribution in [2.24, 2.45) is 5.11 Å². The van der Waals surface area contributed by atoms with E-state index in [2.05, 4.69) is 96.1 Å². The van der Waals surface area contributed by atoms with E-state index in [1.54, 1.807) is 4.90 Å². The van der Waals surface area contributed by atoms with E-state index in [0.29, 0.717) is 44.5 Å². The molecule has 2 aliphatic rings. The number of amides is 2. The number of benzene rings is 3. The largest absolute Gasteiger partial charge is 1.00 e. The van der Waals surface area contributed by atoms with Gasteiger partial charge in [-0.25, -0.2) is 4.58 Å². The Bertz CT molecular complexity index is 1860.